The standard InChI is InChI=1S/C21H23Cl2N3O2/c1-2-15-6-8-16(9-7-15)20(27)25-10-12-26(13-11-25)21(28)24-14-17-4-3-5-18(22)19(17)23/h3-9H,2,10-14H2,1H3,(H,24,28). The van der Waals surface area contributed by atoms with E-state index in [0.29, 0.717) is 48.3 Å². The van der Waals surface area contributed by atoms with Crippen LogP contribution in [0.1, 0.15) is 28.4 Å². The molecule has 3 rings (SSSR count). The Bertz CT molecular complexity index is 847. The van der Waals surface area contributed by atoms with Crippen LogP contribution in [-0.2, 0) is 13.0 Å². The van der Waals surface area contributed by atoms with Gasteiger partial charge in [-0.05, 0) is 35.7 Å². The number of urea groups is 1. The minimum Gasteiger partial charge on any atom is -0.335 e. The SMILES string of the molecule is CCc1ccc(C(=O)N2CCN(C(=O)NCc3cccc(Cl)c3Cl)CC2)cc1. The Morgan fingerprint density at radius 1 is 0.964 bits per heavy atom. The van der Waals surface area contributed by atoms with Gasteiger partial charge in [0.1, 0.15) is 0 Å². The van der Waals surface area contributed by atoms with E-state index in [9.17, 15) is 9.59 Å². The average molecular weight is 420 g/mol. The van der Waals surface area contributed by atoms with Crippen molar-refractivity contribution in [2.24, 2.45) is 0 Å². The molecular formula is C21H23Cl2N3O2. The molecule has 0 bridgehead atoms. The number of aryl methyl sites for hydroxylation is 1. The van der Waals surface area contributed by atoms with E-state index in [1.807, 2.05) is 30.3 Å². The molecule has 1 aliphatic heterocycles. The Morgan fingerprint density at radius 2 is 1.61 bits per heavy atom. The van der Waals surface area contributed by atoms with Crippen molar-refractivity contribution < 1.29 is 9.59 Å². The lowest BCUT2D eigenvalue weighted by Crippen LogP contribution is -2.53. The van der Waals surface area contributed by atoms with Crippen LogP contribution in [0.3, 0.4) is 0 Å². The molecule has 2 aromatic rings. The van der Waals surface area contributed by atoms with E-state index in [1.165, 1.54) is 5.56 Å². The molecule has 0 atom stereocenters. The molecule has 2 aromatic carbocycles. The number of nitrogens with one attached hydrogen (secondary N) is 1. The lowest BCUT2D eigenvalue weighted by molar-refractivity contribution is 0.0665. The van der Waals surface area contributed by atoms with Gasteiger partial charge in [-0.3, -0.25) is 4.79 Å². The largest absolute Gasteiger partial charge is 0.335 e. The van der Waals surface area contributed by atoms with Gasteiger partial charge in [-0.1, -0.05) is 54.4 Å². The number of carbonyl (C=O) groups excluding carboxylic acids is 2. The summed E-state index contributed by atoms with van der Waals surface area (Å²) in [5.74, 6) is 0.00780. The van der Waals surface area contributed by atoms with Crippen molar-refractivity contribution in [1.82, 2.24) is 15.1 Å². The lowest BCUT2D eigenvalue weighted by Gasteiger charge is -2.34. The molecule has 0 spiro atoms. The summed E-state index contributed by atoms with van der Waals surface area (Å²) in [5.41, 5.74) is 2.66. The molecule has 0 unspecified atom stereocenters. The highest BCUT2D eigenvalue weighted by atomic mass is 35.5. The van der Waals surface area contributed by atoms with Crippen molar-refractivity contribution in [1.29, 1.82) is 0 Å². The normalized spacial score (nSPS) is 14.1. The van der Waals surface area contributed by atoms with Crippen LogP contribution in [0.5, 0.6) is 0 Å². The number of hydrogen-bond acceptors (Lipinski definition) is 2. The molecule has 1 saturated heterocycles. The third-order valence-electron chi connectivity index (χ3n) is 4.92. The van der Waals surface area contributed by atoms with Crippen molar-refractivity contribution in [3.05, 3.63) is 69.2 Å². The Kier molecular flexibility index (Phi) is 6.81. The Morgan fingerprint density at radius 3 is 2.25 bits per heavy atom. The van der Waals surface area contributed by atoms with Crippen LogP contribution in [0.15, 0.2) is 42.5 Å². The van der Waals surface area contributed by atoms with Crippen LogP contribution < -0.4 is 5.32 Å². The highest BCUT2D eigenvalue weighted by molar-refractivity contribution is 6.42. The topological polar surface area (TPSA) is 52.7 Å². The van der Waals surface area contributed by atoms with Gasteiger partial charge in [0.2, 0.25) is 0 Å². The van der Waals surface area contributed by atoms with Crippen LogP contribution >= 0.6 is 23.2 Å². The number of carbonyl (C=O) groups is 2. The zero-order valence-corrected chi connectivity index (χ0v) is 17.3. The van der Waals surface area contributed by atoms with Crippen LogP contribution in [0.2, 0.25) is 10.0 Å². The second kappa shape index (κ2) is 9.30. The molecule has 1 aliphatic rings. The van der Waals surface area contributed by atoms with Gasteiger partial charge in [0.25, 0.3) is 5.91 Å². The molecular weight excluding hydrogens is 397 g/mol. The van der Waals surface area contributed by atoms with Gasteiger partial charge in [0.05, 0.1) is 10.0 Å². The first-order valence-corrected chi connectivity index (χ1v) is 10.1. The summed E-state index contributed by atoms with van der Waals surface area (Å²) in [4.78, 5) is 28.6. The number of halogens is 2. The second-order valence-corrected chi connectivity index (χ2v) is 7.49. The molecule has 5 nitrogen and oxygen atoms in total. The van der Waals surface area contributed by atoms with E-state index in [1.54, 1.807) is 21.9 Å². The fraction of sp³-hybridized carbons (Fsp3) is 0.333. The van der Waals surface area contributed by atoms with Gasteiger partial charge in [-0.2, -0.15) is 0 Å². The molecule has 3 amide bonds. The van der Waals surface area contributed by atoms with E-state index in [-0.39, 0.29) is 11.9 Å². The summed E-state index contributed by atoms with van der Waals surface area (Å²) in [6, 6.07) is 12.9. The molecule has 28 heavy (non-hydrogen) atoms. The van der Waals surface area contributed by atoms with E-state index < -0.39 is 0 Å². The fourth-order valence-corrected chi connectivity index (χ4v) is 3.53. The third-order valence-corrected chi connectivity index (χ3v) is 5.78. The first-order chi connectivity index (χ1) is 13.5. The highest BCUT2D eigenvalue weighted by Crippen LogP contribution is 2.25. The number of hydrogen-bond donors (Lipinski definition) is 1. The van der Waals surface area contributed by atoms with Crippen molar-refractivity contribution in [2.75, 3.05) is 26.2 Å². The minimum atomic E-state index is -0.171. The van der Waals surface area contributed by atoms with Crippen molar-refractivity contribution >= 4 is 35.1 Å². The van der Waals surface area contributed by atoms with Crippen molar-refractivity contribution in [2.45, 2.75) is 19.9 Å². The maximum absolute atomic E-state index is 12.6. The highest BCUT2D eigenvalue weighted by Gasteiger charge is 2.24. The van der Waals surface area contributed by atoms with Crippen LogP contribution in [0.4, 0.5) is 4.79 Å². The summed E-state index contributed by atoms with van der Waals surface area (Å²) >= 11 is 12.2. The van der Waals surface area contributed by atoms with Gasteiger partial charge in [0, 0.05) is 38.3 Å². The van der Waals surface area contributed by atoms with Crippen molar-refractivity contribution in [3.63, 3.8) is 0 Å². The average Bonchev–Trinajstić information content (AvgIpc) is 2.74. The van der Waals surface area contributed by atoms with Crippen LogP contribution in [0, 0.1) is 0 Å². The molecule has 0 radical (unpaired) electrons. The summed E-state index contributed by atoms with van der Waals surface area (Å²) in [7, 11) is 0. The summed E-state index contributed by atoms with van der Waals surface area (Å²) < 4.78 is 0. The van der Waals surface area contributed by atoms with Crippen LogP contribution in [-0.4, -0.2) is 47.9 Å². The number of rotatable bonds is 4. The predicted octanol–water partition coefficient (Wildman–Crippen LogP) is 4.22. The van der Waals surface area contributed by atoms with E-state index in [0.717, 1.165) is 12.0 Å². The molecule has 0 aliphatic carbocycles. The lowest BCUT2D eigenvalue weighted by atomic mass is 10.1. The second-order valence-electron chi connectivity index (χ2n) is 6.70. The maximum atomic E-state index is 12.6. The zero-order valence-electron chi connectivity index (χ0n) is 15.8. The number of nitrogens with zero attached hydrogens (tertiary/aromatic N) is 2. The molecule has 0 saturated carbocycles. The van der Waals surface area contributed by atoms with Crippen LogP contribution in [0.25, 0.3) is 0 Å². The molecule has 1 N–H and O–H groups in total. The number of piperazine rings is 1. The number of benzene rings is 2. The molecule has 1 fully saturated rings. The smallest absolute Gasteiger partial charge is 0.317 e. The monoisotopic (exact) mass is 419 g/mol. The van der Waals surface area contributed by atoms with Gasteiger partial charge in [-0.25, -0.2) is 4.79 Å². The number of amides is 3. The Hall–Kier alpha value is -2.24. The minimum absolute atomic E-state index is 0.00780. The molecule has 0 aromatic heterocycles. The Balaban J connectivity index is 1.50. The van der Waals surface area contributed by atoms with Gasteiger partial charge in [-0.15, -0.1) is 0 Å². The third kappa shape index (κ3) is 4.78. The summed E-state index contributed by atoms with van der Waals surface area (Å²) in [6.07, 6.45) is 0.947. The molecule has 148 valence electrons. The van der Waals surface area contributed by atoms with E-state index in [2.05, 4.69) is 12.2 Å². The van der Waals surface area contributed by atoms with Gasteiger partial charge >= 0.3 is 6.03 Å². The Labute approximate surface area is 175 Å². The van der Waals surface area contributed by atoms with Gasteiger partial charge < -0.3 is 15.1 Å². The van der Waals surface area contributed by atoms with E-state index in [4.69, 9.17) is 23.2 Å². The first kappa shape index (κ1) is 20.5. The van der Waals surface area contributed by atoms with E-state index >= 15 is 0 Å². The first-order valence-electron chi connectivity index (χ1n) is 9.33. The van der Waals surface area contributed by atoms with Gasteiger partial charge in [0.15, 0.2) is 0 Å². The summed E-state index contributed by atoms with van der Waals surface area (Å²) in [5, 5.41) is 3.78. The fourth-order valence-electron chi connectivity index (χ4n) is 3.15. The molecule has 1 heterocycles. The molecule has 7 heteroatoms. The van der Waals surface area contributed by atoms with Crippen molar-refractivity contribution in [3.8, 4) is 0 Å². The maximum Gasteiger partial charge on any atom is 0.317 e. The zero-order chi connectivity index (χ0) is 20.1. The quantitative estimate of drug-likeness (QED) is 0.805. The summed E-state index contributed by atoms with van der Waals surface area (Å²) in [6.45, 7) is 4.41. The predicted molar refractivity (Wildman–Crippen MR) is 112 cm³/mol.